The van der Waals surface area contributed by atoms with Crippen LogP contribution in [0.25, 0.3) is 10.9 Å². The highest BCUT2D eigenvalue weighted by Gasteiger charge is 2.25. The molecule has 0 aliphatic rings. The van der Waals surface area contributed by atoms with Gasteiger partial charge in [-0.1, -0.05) is 0 Å². The van der Waals surface area contributed by atoms with Crippen LogP contribution < -0.4 is 15.4 Å². The Hall–Kier alpha value is -3.76. The Kier molecular flexibility index (Phi) is 10.8. The minimum absolute atomic E-state index is 0.0901. The van der Waals surface area contributed by atoms with E-state index in [0.29, 0.717) is 48.0 Å². The summed E-state index contributed by atoms with van der Waals surface area (Å²) < 4.78 is 22.3. The number of hydrogen-bond acceptors (Lipinski definition) is 8. The molecule has 216 valence electrons. The zero-order valence-corrected chi connectivity index (χ0v) is 24.1. The lowest BCUT2D eigenvalue weighted by Gasteiger charge is -2.20. The van der Waals surface area contributed by atoms with Crippen LogP contribution in [0.3, 0.4) is 0 Å². The molecule has 1 aromatic carbocycles. The van der Waals surface area contributed by atoms with E-state index < -0.39 is 41.3 Å². The number of nitrogens with one attached hydrogen (secondary N) is 2. The molecule has 2 rings (SSSR count). The molecule has 0 spiro atoms. The van der Waals surface area contributed by atoms with Crippen LogP contribution in [-0.2, 0) is 30.2 Å². The number of amides is 2. The van der Waals surface area contributed by atoms with Crippen molar-refractivity contribution in [3.05, 3.63) is 30.0 Å². The van der Waals surface area contributed by atoms with Gasteiger partial charge in [-0.25, -0.2) is 14.4 Å². The van der Waals surface area contributed by atoms with Crippen LogP contribution in [0.4, 0.5) is 9.59 Å². The van der Waals surface area contributed by atoms with Gasteiger partial charge in [0.2, 0.25) is 5.91 Å². The molecule has 0 unspecified atom stereocenters. The molecule has 0 aliphatic heterocycles. The van der Waals surface area contributed by atoms with Crippen LogP contribution in [0.2, 0.25) is 0 Å². The molecule has 1 atom stereocenters. The Morgan fingerprint density at radius 1 is 0.949 bits per heavy atom. The third-order valence-electron chi connectivity index (χ3n) is 5.44. The summed E-state index contributed by atoms with van der Waals surface area (Å²) in [6.45, 7) is 11.0. The third kappa shape index (κ3) is 10.1. The normalized spacial score (nSPS) is 12.4. The topological polar surface area (TPSA) is 134 Å². The molecule has 0 saturated carbocycles. The molecule has 0 fully saturated rings. The lowest BCUT2D eigenvalue weighted by molar-refractivity contribution is -0.145. The maximum absolute atomic E-state index is 13.0. The number of aromatic nitrogens is 1. The monoisotopic (exact) mass is 547 g/mol. The fourth-order valence-electron chi connectivity index (χ4n) is 3.79. The number of methoxy groups -OCH3 is 2. The average Bonchev–Trinajstić information content (AvgIpc) is 3.17. The van der Waals surface area contributed by atoms with Gasteiger partial charge in [0.1, 0.15) is 23.0 Å². The van der Waals surface area contributed by atoms with Crippen molar-refractivity contribution in [3.63, 3.8) is 0 Å². The van der Waals surface area contributed by atoms with Gasteiger partial charge in [-0.2, -0.15) is 0 Å². The van der Waals surface area contributed by atoms with Crippen LogP contribution >= 0.6 is 0 Å². The molecule has 0 aliphatic carbocycles. The van der Waals surface area contributed by atoms with Crippen molar-refractivity contribution in [3.8, 4) is 5.75 Å². The minimum atomic E-state index is -0.863. The van der Waals surface area contributed by atoms with Crippen molar-refractivity contribution in [2.24, 2.45) is 0 Å². The summed E-state index contributed by atoms with van der Waals surface area (Å²) >= 11 is 0. The molecule has 0 bridgehead atoms. The number of carbonyl (C=O) groups excluding carboxylic acids is 4. The van der Waals surface area contributed by atoms with Crippen LogP contribution in [0, 0.1) is 0 Å². The van der Waals surface area contributed by atoms with Gasteiger partial charge in [0.15, 0.2) is 0 Å². The van der Waals surface area contributed by atoms with E-state index in [-0.39, 0.29) is 6.42 Å². The Bertz CT molecular complexity index is 1170. The van der Waals surface area contributed by atoms with E-state index in [9.17, 15) is 19.2 Å². The standard InChI is InChI=1S/C28H41N3O8/c1-27(2,3)38-25(34)29-14-10-9-11-21(24(33)37-8)30-23(32)15-18-17-31(26(35)39-28(4,5)6)22-13-12-19(36-7)16-20(18)22/h12-13,16-17,21H,9-11,14-15H2,1-8H3,(H,29,34)(H,30,32)/t21-/m0/s1. The third-order valence-corrected chi connectivity index (χ3v) is 5.44. The van der Waals surface area contributed by atoms with Gasteiger partial charge in [0.05, 0.1) is 26.2 Å². The maximum atomic E-state index is 13.0. The van der Waals surface area contributed by atoms with Gasteiger partial charge in [-0.15, -0.1) is 0 Å². The second kappa shape index (κ2) is 13.3. The average molecular weight is 548 g/mol. The summed E-state index contributed by atoms with van der Waals surface area (Å²) in [7, 11) is 2.79. The molecule has 2 aromatic rings. The zero-order valence-electron chi connectivity index (χ0n) is 24.1. The number of benzene rings is 1. The van der Waals surface area contributed by atoms with Gasteiger partial charge < -0.3 is 29.6 Å². The van der Waals surface area contributed by atoms with E-state index in [0.717, 1.165) is 0 Å². The van der Waals surface area contributed by atoms with Crippen molar-refractivity contribution in [1.82, 2.24) is 15.2 Å². The molecule has 0 radical (unpaired) electrons. The van der Waals surface area contributed by atoms with Gasteiger partial charge in [0, 0.05) is 18.1 Å². The first-order valence-corrected chi connectivity index (χ1v) is 12.9. The largest absolute Gasteiger partial charge is 0.497 e. The number of fused-ring (bicyclic) bond motifs is 1. The lowest BCUT2D eigenvalue weighted by Crippen LogP contribution is -2.42. The van der Waals surface area contributed by atoms with E-state index >= 15 is 0 Å². The summed E-state index contributed by atoms with van der Waals surface area (Å²) in [4.78, 5) is 50.0. The summed E-state index contributed by atoms with van der Waals surface area (Å²) in [5.41, 5.74) is -0.157. The quantitative estimate of drug-likeness (QED) is 0.255. The number of hydrogen-bond donors (Lipinski definition) is 2. The first-order chi connectivity index (χ1) is 18.1. The number of rotatable bonds is 10. The number of esters is 1. The Labute approximate surface area is 229 Å². The highest BCUT2D eigenvalue weighted by Crippen LogP contribution is 2.27. The number of carbonyl (C=O) groups is 4. The SMILES string of the molecule is COC(=O)[C@H](CCCCNC(=O)OC(C)(C)C)NC(=O)Cc1cn(C(=O)OC(C)(C)C)c2ccc(OC)cc12. The maximum Gasteiger partial charge on any atom is 0.419 e. The molecule has 2 N–H and O–H groups in total. The van der Waals surface area contributed by atoms with Crippen LogP contribution in [0.1, 0.15) is 66.4 Å². The minimum Gasteiger partial charge on any atom is -0.497 e. The van der Waals surface area contributed by atoms with E-state index in [4.69, 9.17) is 18.9 Å². The predicted octanol–water partition coefficient (Wildman–Crippen LogP) is 4.33. The van der Waals surface area contributed by atoms with Crippen LogP contribution in [0.15, 0.2) is 24.4 Å². The van der Waals surface area contributed by atoms with Crippen LogP contribution in [-0.4, -0.2) is 66.6 Å². The summed E-state index contributed by atoms with van der Waals surface area (Å²) in [5.74, 6) is -0.414. The smallest absolute Gasteiger partial charge is 0.419 e. The second-order valence-electron chi connectivity index (χ2n) is 11.1. The Morgan fingerprint density at radius 2 is 1.62 bits per heavy atom. The number of unbranched alkanes of at least 4 members (excludes halogenated alkanes) is 1. The van der Waals surface area contributed by atoms with Crippen molar-refractivity contribution in [2.75, 3.05) is 20.8 Å². The van der Waals surface area contributed by atoms with E-state index in [1.807, 2.05) is 0 Å². The van der Waals surface area contributed by atoms with Crippen molar-refractivity contribution >= 4 is 35.0 Å². The van der Waals surface area contributed by atoms with E-state index in [2.05, 4.69) is 10.6 Å². The molecule has 0 saturated heterocycles. The molecule has 2 amide bonds. The zero-order chi connectivity index (χ0) is 29.4. The first kappa shape index (κ1) is 31.5. The molecular weight excluding hydrogens is 506 g/mol. The van der Waals surface area contributed by atoms with E-state index in [1.54, 1.807) is 65.9 Å². The molecule has 1 heterocycles. The van der Waals surface area contributed by atoms with Crippen LogP contribution in [0.5, 0.6) is 5.75 Å². The number of ether oxygens (including phenoxy) is 4. The number of alkyl carbamates (subject to hydrolysis) is 1. The fourth-order valence-corrected chi connectivity index (χ4v) is 3.79. The second-order valence-corrected chi connectivity index (χ2v) is 11.1. The van der Waals surface area contributed by atoms with Crippen molar-refractivity contribution in [1.29, 1.82) is 0 Å². The summed E-state index contributed by atoms with van der Waals surface area (Å²) in [6.07, 6.45) is 1.83. The fraction of sp³-hybridized carbons (Fsp3) is 0.571. The molecule has 11 nitrogen and oxygen atoms in total. The highest BCUT2D eigenvalue weighted by molar-refractivity contribution is 5.96. The highest BCUT2D eigenvalue weighted by atomic mass is 16.6. The summed E-state index contributed by atoms with van der Waals surface area (Å²) in [5, 5.41) is 6.05. The summed E-state index contributed by atoms with van der Waals surface area (Å²) in [6, 6.07) is 4.33. The first-order valence-electron chi connectivity index (χ1n) is 12.9. The Balaban J connectivity index is 2.09. The predicted molar refractivity (Wildman–Crippen MR) is 146 cm³/mol. The molecule has 11 heteroatoms. The van der Waals surface area contributed by atoms with Crippen molar-refractivity contribution < 1.29 is 38.1 Å². The number of nitrogens with zero attached hydrogens (tertiary/aromatic N) is 1. The Morgan fingerprint density at radius 3 is 2.21 bits per heavy atom. The van der Waals surface area contributed by atoms with Gasteiger partial charge in [-0.05, 0) is 84.6 Å². The molecule has 1 aromatic heterocycles. The van der Waals surface area contributed by atoms with Gasteiger partial charge in [0.25, 0.3) is 0 Å². The van der Waals surface area contributed by atoms with Gasteiger partial charge >= 0.3 is 18.2 Å². The molecular formula is C28H41N3O8. The van der Waals surface area contributed by atoms with Crippen molar-refractivity contribution in [2.45, 2.75) is 84.5 Å². The molecule has 39 heavy (non-hydrogen) atoms. The van der Waals surface area contributed by atoms with Gasteiger partial charge in [-0.3, -0.25) is 9.36 Å². The lowest BCUT2D eigenvalue weighted by atomic mass is 10.1. The van der Waals surface area contributed by atoms with E-state index in [1.165, 1.54) is 18.8 Å².